The van der Waals surface area contributed by atoms with Gasteiger partial charge in [-0.1, -0.05) is 79.7 Å². The number of hydrogen-bond donors (Lipinski definition) is 3. The maximum Gasteiger partial charge on any atom is 0.0465 e. The molecule has 3 heterocycles. The predicted molar refractivity (Wildman–Crippen MR) is 168 cm³/mol. The quantitative estimate of drug-likeness (QED) is 0.209. The molecule has 3 N–H and O–H groups in total. The van der Waals surface area contributed by atoms with E-state index in [1.165, 1.54) is 66.4 Å². The minimum absolute atomic E-state index is 0.0342. The number of nitrogens with one attached hydrogen (secondary N) is 3. The minimum atomic E-state index is -0.0342. The summed E-state index contributed by atoms with van der Waals surface area (Å²) >= 11 is 0. The molecule has 6 rings (SSSR count). The standard InChI is InChI=1S/C36H41N3/c1-34(2,3)27-10-9-11-31-26(27)19-32(38-31)23-13-15-30-25(17-23)28(21-37-30)36(7,8)20-22-12-14-29-24(16-22)18-33(39-29)35(4,5)6/h9-19,21,37-39H,20H2,1-8H3. The zero-order valence-electron chi connectivity index (χ0n) is 24.6. The van der Waals surface area contributed by atoms with Crippen LogP contribution in [0, 0.1) is 0 Å². The number of fused-ring (bicyclic) bond motifs is 3. The molecule has 0 radical (unpaired) electrons. The van der Waals surface area contributed by atoms with Crippen LogP contribution in [0.15, 0.2) is 72.9 Å². The molecule has 0 aliphatic carbocycles. The van der Waals surface area contributed by atoms with Crippen LogP contribution in [0.1, 0.15) is 77.8 Å². The highest BCUT2D eigenvalue weighted by molar-refractivity contribution is 5.93. The first-order chi connectivity index (χ1) is 18.3. The summed E-state index contributed by atoms with van der Waals surface area (Å²) in [7, 11) is 0. The number of rotatable bonds is 4. The van der Waals surface area contributed by atoms with Gasteiger partial charge in [0.2, 0.25) is 0 Å². The fourth-order valence-electron chi connectivity index (χ4n) is 6.11. The van der Waals surface area contributed by atoms with E-state index in [2.05, 4.69) is 143 Å². The third kappa shape index (κ3) is 4.58. The Morgan fingerprint density at radius 2 is 1.36 bits per heavy atom. The molecular formula is C36H41N3. The lowest BCUT2D eigenvalue weighted by Crippen LogP contribution is -2.20. The Bertz CT molecular complexity index is 1820. The lowest BCUT2D eigenvalue weighted by atomic mass is 9.78. The van der Waals surface area contributed by atoms with Crippen molar-refractivity contribution in [3.05, 3.63) is 95.3 Å². The normalized spacial score (nSPS) is 13.2. The van der Waals surface area contributed by atoms with Crippen molar-refractivity contribution in [1.82, 2.24) is 15.0 Å². The Hall–Kier alpha value is -3.72. The number of H-pyrrole nitrogens is 3. The van der Waals surface area contributed by atoms with Crippen LogP contribution >= 0.6 is 0 Å². The summed E-state index contributed by atoms with van der Waals surface area (Å²) in [5.41, 5.74) is 11.5. The molecule has 3 heteroatoms. The van der Waals surface area contributed by atoms with Crippen LogP contribution in [0.2, 0.25) is 0 Å². The number of aromatic amines is 3. The van der Waals surface area contributed by atoms with Gasteiger partial charge in [0.15, 0.2) is 0 Å². The van der Waals surface area contributed by atoms with Crippen LogP contribution in [0.5, 0.6) is 0 Å². The van der Waals surface area contributed by atoms with Crippen LogP contribution in [-0.4, -0.2) is 15.0 Å². The van der Waals surface area contributed by atoms with Gasteiger partial charge in [-0.3, -0.25) is 0 Å². The Balaban J connectivity index is 1.36. The van der Waals surface area contributed by atoms with E-state index in [0.29, 0.717) is 0 Å². The molecule has 0 aliphatic heterocycles. The van der Waals surface area contributed by atoms with Gasteiger partial charge in [-0.2, -0.15) is 0 Å². The van der Waals surface area contributed by atoms with Gasteiger partial charge < -0.3 is 15.0 Å². The summed E-state index contributed by atoms with van der Waals surface area (Å²) < 4.78 is 0. The Labute approximate surface area is 232 Å². The second kappa shape index (κ2) is 8.64. The monoisotopic (exact) mass is 515 g/mol. The van der Waals surface area contributed by atoms with Gasteiger partial charge in [0, 0.05) is 50.3 Å². The van der Waals surface area contributed by atoms with Crippen molar-refractivity contribution in [2.24, 2.45) is 0 Å². The highest BCUT2D eigenvalue weighted by atomic mass is 14.7. The Morgan fingerprint density at radius 1 is 0.615 bits per heavy atom. The first-order valence-electron chi connectivity index (χ1n) is 14.2. The van der Waals surface area contributed by atoms with E-state index >= 15 is 0 Å². The van der Waals surface area contributed by atoms with Gasteiger partial charge in [0.05, 0.1) is 0 Å². The maximum atomic E-state index is 3.70. The number of benzene rings is 3. The van der Waals surface area contributed by atoms with E-state index in [4.69, 9.17) is 0 Å². The minimum Gasteiger partial charge on any atom is -0.361 e. The molecule has 0 fully saturated rings. The molecule has 6 aromatic rings. The molecule has 3 aromatic carbocycles. The van der Waals surface area contributed by atoms with Crippen molar-refractivity contribution >= 4 is 32.7 Å². The molecule has 0 spiro atoms. The molecule has 0 aliphatic rings. The van der Waals surface area contributed by atoms with Crippen molar-refractivity contribution in [2.75, 3.05) is 0 Å². The molecule has 0 atom stereocenters. The zero-order valence-corrected chi connectivity index (χ0v) is 24.6. The summed E-state index contributed by atoms with van der Waals surface area (Å²) in [5.74, 6) is 0. The molecule has 3 aromatic heterocycles. The average Bonchev–Trinajstić information content (AvgIpc) is 3.57. The highest BCUT2D eigenvalue weighted by Crippen LogP contribution is 2.38. The molecule has 39 heavy (non-hydrogen) atoms. The Kier molecular flexibility index (Phi) is 5.66. The van der Waals surface area contributed by atoms with E-state index in [-0.39, 0.29) is 16.2 Å². The van der Waals surface area contributed by atoms with Gasteiger partial charge in [-0.25, -0.2) is 0 Å². The Morgan fingerprint density at radius 3 is 2.10 bits per heavy atom. The van der Waals surface area contributed by atoms with E-state index in [1.807, 2.05) is 0 Å². The second-order valence-corrected chi connectivity index (χ2v) is 14.1. The second-order valence-electron chi connectivity index (χ2n) is 14.1. The van der Waals surface area contributed by atoms with Crippen LogP contribution in [0.3, 0.4) is 0 Å². The third-order valence-corrected chi connectivity index (χ3v) is 8.33. The van der Waals surface area contributed by atoms with Gasteiger partial charge in [0.25, 0.3) is 0 Å². The molecular weight excluding hydrogens is 474 g/mol. The van der Waals surface area contributed by atoms with Crippen LogP contribution < -0.4 is 0 Å². The highest BCUT2D eigenvalue weighted by Gasteiger charge is 2.26. The molecule has 0 saturated heterocycles. The van der Waals surface area contributed by atoms with Crippen LogP contribution in [0.25, 0.3) is 44.0 Å². The molecule has 0 unspecified atom stereocenters. The van der Waals surface area contributed by atoms with Gasteiger partial charge in [0.1, 0.15) is 0 Å². The lowest BCUT2D eigenvalue weighted by Gasteiger charge is -2.25. The summed E-state index contributed by atoms with van der Waals surface area (Å²) in [6, 6.07) is 24.9. The van der Waals surface area contributed by atoms with Crippen LogP contribution in [-0.2, 0) is 22.7 Å². The number of hydrogen-bond acceptors (Lipinski definition) is 0. The SMILES string of the molecule is CC(C)(C)c1cc2cc(CC(C)(C)c3c[nH]c4ccc(-c5cc6c(C(C)(C)C)cccc6[nH]5)cc34)ccc2[nH]1. The first-order valence-corrected chi connectivity index (χ1v) is 14.2. The summed E-state index contributed by atoms with van der Waals surface area (Å²) in [6.45, 7) is 18.3. The molecule has 200 valence electrons. The van der Waals surface area contributed by atoms with Crippen molar-refractivity contribution in [3.8, 4) is 11.3 Å². The smallest absolute Gasteiger partial charge is 0.0465 e. The fourth-order valence-corrected chi connectivity index (χ4v) is 6.11. The fraction of sp³-hybridized carbons (Fsp3) is 0.333. The van der Waals surface area contributed by atoms with Crippen molar-refractivity contribution in [1.29, 1.82) is 0 Å². The van der Waals surface area contributed by atoms with E-state index in [1.54, 1.807) is 0 Å². The first kappa shape index (κ1) is 25.6. The van der Waals surface area contributed by atoms with E-state index < -0.39 is 0 Å². The van der Waals surface area contributed by atoms with Gasteiger partial charge in [-0.15, -0.1) is 0 Å². The molecule has 3 nitrogen and oxygen atoms in total. The van der Waals surface area contributed by atoms with Gasteiger partial charge >= 0.3 is 0 Å². The molecule has 0 bridgehead atoms. The zero-order chi connectivity index (χ0) is 27.7. The largest absolute Gasteiger partial charge is 0.361 e. The van der Waals surface area contributed by atoms with Crippen LogP contribution in [0.4, 0.5) is 0 Å². The van der Waals surface area contributed by atoms with Gasteiger partial charge in [-0.05, 0) is 87.4 Å². The molecule has 0 saturated carbocycles. The lowest BCUT2D eigenvalue weighted by molar-refractivity contribution is 0.527. The van der Waals surface area contributed by atoms with E-state index in [0.717, 1.165) is 6.42 Å². The molecule has 0 amide bonds. The van der Waals surface area contributed by atoms with Crippen molar-refractivity contribution < 1.29 is 0 Å². The van der Waals surface area contributed by atoms with E-state index in [9.17, 15) is 0 Å². The van der Waals surface area contributed by atoms with Crippen molar-refractivity contribution in [2.45, 2.75) is 78.1 Å². The number of aromatic nitrogens is 3. The topological polar surface area (TPSA) is 47.4 Å². The summed E-state index contributed by atoms with van der Waals surface area (Å²) in [4.78, 5) is 10.9. The summed E-state index contributed by atoms with van der Waals surface area (Å²) in [5, 5.41) is 3.90. The maximum absolute atomic E-state index is 3.70. The predicted octanol–water partition coefficient (Wildman–Crippen LogP) is 9.91. The third-order valence-electron chi connectivity index (χ3n) is 8.33. The van der Waals surface area contributed by atoms with Crippen molar-refractivity contribution in [3.63, 3.8) is 0 Å². The average molecular weight is 516 g/mol. The summed E-state index contributed by atoms with van der Waals surface area (Å²) in [6.07, 6.45) is 3.18.